The molecule has 1 unspecified atom stereocenters. The molecule has 0 aromatic heterocycles. The number of nitrogens with zero attached hydrogens (tertiary/aromatic N) is 1. The molecule has 2 aliphatic rings. The molecule has 4 rings (SSSR count). The van der Waals surface area contributed by atoms with Crippen molar-refractivity contribution < 1.29 is 14.3 Å². The number of hydrogen-bond donors (Lipinski definition) is 1. The predicted octanol–water partition coefficient (Wildman–Crippen LogP) is 4.91. The van der Waals surface area contributed by atoms with E-state index in [-0.39, 0.29) is 30.1 Å². The average Bonchev–Trinajstić information content (AvgIpc) is 3.48. The molecule has 1 spiro atoms. The molecule has 1 aliphatic carbocycles. The summed E-state index contributed by atoms with van der Waals surface area (Å²) in [7, 11) is 0. The van der Waals surface area contributed by atoms with Gasteiger partial charge in [-0.3, -0.25) is 4.79 Å². The summed E-state index contributed by atoms with van der Waals surface area (Å²) in [5, 5.41) is 3.93. The molecule has 2 fully saturated rings. The molecule has 2 aromatic rings. The van der Waals surface area contributed by atoms with Crippen molar-refractivity contribution in [3.8, 4) is 0 Å². The van der Waals surface area contributed by atoms with E-state index >= 15 is 0 Å². The molecule has 1 atom stereocenters. The molecule has 0 bridgehead atoms. The fraction of sp³-hybridized carbons (Fsp3) is 0.364. The fourth-order valence-corrected chi connectivity index (χ4v) is 4.42. The van der Waals surface area contributed by atoms with Gasteiger partial charge in [0, 0.05) is 28.7 Å². The minimum Gasteiger partial charge on any atom is -0.445 e. The van der Waals surface area contributed by atoms with Gasteiger partial charge in [-0.2, -0.15) is 0 Å². The highest BCUT2D eigenvalue weighted by atomic mass is 35.5. The molecule has 29 heavy (non-hydrogen) atoms. The number of nitrogens with one attached hydrogen (secondary N) is 1. The van der Waals surface area contributed by atoms with E-state index in [9.17, 15) is 9.59 Å². The van der Waals surface area contributed by atoms with Crippen molar-refractivity contribution in [3.05, 3.63) is 69.7 Å². The summed E-state index contributed by atoms with van der Waals surface area (Å²) in [5.41, 5.74) is 1.44. The van der Waals surface area contributed by atoms with Crippen LogP contribution in [0.2, 0.25) is 10.0 Å². The van der Waals surface area contributed by atoms with Crippen molar-refractivity contribution in [1.29, 1.82) is 0 Å². The summed E-state index contributed by atoms with van der Waals surface area (Å²) in [6.45, 7) is 1.32. The molecule has 152 valence electrons. The molecule has 7 heteroatoms. The Kier molecular flexibility index (Phi) is 5.70. The highest BCUT2D eigenvalue weighted by molar-refractivity contribution is 6.35. The number of benzene rings is 2. The zero-order valence-corrected chi connectivity index (χ0v) is 17.4. The lowest BCUT2D eigenvalue weighted by Gasteiger charge is -2.38. The van der Waals surface area contributed by atoms with Crippen LogP contribution >= 0.6 is 23.2 Å². The number of carbonyl (C=O) groups excluding carboxylic acids is 2. The fourth-order valence-electron chi connectivity index (χ4n) is 3.90. The van der Waals surface area contributed by atoms with Crippen molar-refractivity contribution in [2.24, 2.45) is 5.41 Å². The highest BCUT2D eigenvalue weighted by Crippen LogP contribution is 2.53. The molecule has 1 heterocycles. The van der Waals surface area contributed by atoms with Gasteiger partial charge in [-0.1, -0.05) is 53.5 Å². The number of carbonyl (C=O) groups is 2. The maximum Gasteiger partial charge on any atom is 0.410 e. The number of hydrogen-bond acceptors (Lipinski definition) is 3. The van der Waals surface area contributed by atoms with Crippen molar-refractivity contribution >= 4 is 35.2 Å². The number of amides is 2. The molecule has 1 saturated heterocycles. The topological polar surface area (TPSA) is 58.6 Å². The average molecular weight is 433 g/mol. The van der Waals surface area contributed by atoms with Crippen LogP contribution in [0.5, 0.6) is 0 Å². The van der Waals surface area contributed by atoms with Crippen LogP contribution in [-0.4, -0.2) is 36.0 Å². The first-order chi connectivity index (χ1) is 13.9. The summed E-state index contributed by atoms with van der Waals surface area (Å²) in [6, 6.07) is 14.2. The van der Waals surface area contributed by atoms with Crippen LogP contribution < -0.4 is 5.32 Å². The predicted molar refractivity (Wildman–Crippen MR) is 112 cm³/mol. The first-order valence-corrected chi connectivity index (χ1v) is 10.4. The Labute approximate surface area is 179 Å². The highest BCUT2D eigenvalue weighted by Gasteiger charge is 2.53. The SMILES string of the molecule is O=C(NC1CN(C(=O)OCc2ccccc2)CCC12CC2)c1cc(Cl)cc(Cl)c1. The Morgan fingerprint density at radius 1 is 1.07 bits per heavy atom. The van der Waals surface area contributed by atoms with Gasteiger partial charge in [0.1, 0.15) is 6.61 Å². The number of likely N-dealkylation sites (tertiary alicyclic amines) is 1. The van der Waals surface area contributed by atoms with Crippen molar-refractivity contribution in [2.45, 2.75) is 31.9 Å². The van der Waals surface area contributed by atoms with Gasteiger partial charge >= 0.3 is 6.09 Å². The van der Waals surface area contributed by atoms with Crippen LogP contribution in [0, 0.1) is 5.41 Å². The first-order valence-electron chi connectivity index (χ1n) is 9.68. The normalized spacial score (nSPS) is 19.7. The monoisotopic (exact) mass is 432 g/mol. The number of rotatable bonds is 4. The lowest BCUT2D eigenvalue weighted by molar-refractivity contribution is 0.0625. The summed E-state index contributed by atoms with van der Waals surface area (Å²) in [5.74, 6) is -0.231. The van der Waals surface area contributed by atoms with Crippen LogP contribution in [0.4, 0.5) is 4.79 Å². The van der Waals surface area contributed by atoms with E-state index in [2.05, 4.69) is 5.32 Å². The number of ether oxygens (including phenoxy) is 1. The number of piperidine rings is 1. The third kappa shape index (κ3) is 4.68. The second kappa shape index (κ2) is 8.25. The molecule has 2 amide bonds. The smallest absolute Gasteiger partial charge is 0.410 e. The maximum atomic E-state index is 12.8. The van der Waals surface area contributed by atoms with E-state index in [1.807, 2.05) is 30.3 Å². The second-order valence-corrected chi connectivity index (χ2v) is 8.66. The van der Waals surface area contributed by atoms with Gasteiger partial charge in [0.05, 0.1) is 6.04 Å². The zero-order valence-electron chi connectivity index (χ0n) is 15.9. The quantitative estimate of drug-likeness (QED) is 0.745. The molecule has 1 saturated carbocycles. The minimum atomic E-state index is -0.352. The van der Waals surface area contributed by atoms with Gasteiger partial charge in [0.2, 0.25) is 0 Å². The zero-order chi connectivity index (χ0) is 20.4. The van der Waals surface area contributed by atoms with Crippen molar-refractivity contribution in [3.63, 3.8) is 0 Å². The van der Waals surface area contributed by atoms with E-state index in [1.165, 1.54) is 0 Å². The summed E-state index contributed by atoms with van der Waals surface area (Å²) in [6.07, 6.45) is 2.62. The van der Waals surface area contributed by atoms with E-state index in [0.717, 1.165) is 24.8 Å². The van der Waals surface area contributed by atoms with Crippen molar-refractivity contribution in [2.75, 3.05) is 13.1 Å². The summed E-state index contributed by atoms with van der Waals surface area (Å²) in [4.78, 5) is 27.0. The molecule has 2 aromatic carbocycles. The maximum absolute atomic E-state index is 12.8. The van der Waals surface area contributed by atoms with Crippen LogP contribution in [0.3, 0.4) is 0 Å². The Bertz CT molecular complexity index is 895. The van der Waals surface area contributed by atoms with Crippen LogP contribution in [0.1, 0.15) is 35.2 Å². The first kappa shape index (κ1) is 20.0. The van der Waals surface area contributed by atoms with Crippen molar-refractivity contribution in [1.82, 2.24) is 10.2 Å². The second-order valence-electron chi connectivity index (χ2n) is 7.78. The van der Waals surface area contributed by atoms with Gasteiger partial charge in [0.15, 0.2) is 0 Å². The molecular weight excluding hydrogens is 411 g/mol. The van der Waals surface area contributed by atoms with E-state index in [4.69, 9.17) is 27.9 Å². The van der Waals surface area contributed by atoms with Crippen LogP contribution in [0.25, 0.3) is 0 Å². The molecule has 5 nitrogen and oxygen atoms in total. The Balaban J connectivity index is 1.39. The van der Waals surface area contributed by atoms with Gasteiger partial charge in [-0.15, -0.1) is 0 Å². The molecule has 1 N–H and O–H groups in total. The third-order valence-electron chi connectivity index (χ3n) is 5.81. The van der Waals surface area contributed by atoms with Crippen LogP contribution in [0.15, 0.2) is 48.5 Å². The summed E-state index contributed by atoms with van der Waals surface area (Å²) >= 11 is 12.0. The Hall–Kier alpha value is -2.24. The largest absolute Gasteiger partial charge is 0.445 e. The summed E-state index contributed by atoms with van der Waals surface area (Å²) < 4.78 is 5.46. The van der Waals surface area contributed by atoms with Gasteiger partial charge in [0.25, 0.3) is 5.91 Å². The van der Waals surface area contributed by atoms with Gasteiger partial charge < -0.3 is 15.0 Å². The third-order valence-corrected chi connectivity index (χ3v) is 6.24. The Morgan fingerprint density at radius 3 is 2.41 bits per heavy atom. The molecule has 1 aliphatic heterocycles. The lowest BCUT2D eigenvalue weighted by Crippen LogP contribution is -2.55. The van der Waals surface area contributed by atoms with E-state index in [1.54, 1.807) is 23.1 Å². The van der Waals surface area contributed by atoms with Gasteiger partial charge in [-0.25, -0.2) is 4.79 Å². The lowest BCUT2D eigenvalue weighted by atomic mass is 9.88. The standard InChI is InChI=1S/C22H22Cl2N2O3/c23-17-10-16(11-18(24)12-17)20(27)25-19-13-26(9-8-22(19)6-7-22)21(28)29-14-15-4-2-1-3-5-15/h1-5,10-12,19H,6-9,13-14H2,(H,25,27). The van der Waals surface area contributed by atoms with Gasteiger partial charge in [-0.05, 0) is 48.4 Å². The van der Waals surface area contributed by atoms with Crippen LogP contribution in [-0.2, 0) is 11.3 Å². The number of halogens is 2. The van der Waals surface area contributed by atoms with E-state index < -0.39 is 0 Å². The minimum absolute atomic E-state index is 0.0776. The Morgan fingerprint density at radius 2 is 1.76 bits per heavy atom. The molecule has 0 radical (unpaired) electrons. The van der Waals surface area contributed by atoms with E-state index in [0.29, 0.717) is 28.7 Å². The molecular formula is C22H22Cl2N2O3.